The molecule has 30 heavy (non-hydrogen) atoms. The molecule has 4 rings (SSSR count). The summed E-state index contributed by atoms with van der Waals surface area (Å²) in [5, 5.41) is 1.56. The molecule has 154 valence electrons. The van der Waals surface area contributed by atoms with Crippen molar-refractivity contribution < 1.29 is 23.1 Å². The number of aryl methyl sites for hydroxylation is 2. The zero-order valence-corrected chi connectivity index (χ0v) is 17.1. The van der Waals surface area contributed by atoms with Crippen molar-refractivity contribution in [3.63, 3.8) is 0 Å². The standard InChI is InChI=1S/C24H22O6/c1-4-27-13-19-18-7-5-6-8-20(18)29-23(19)24(26)28-12-16-11-21(25)30-22-15(3)14(2)9-10-17(16)22/h5-11H,4,12-13H2,1-3H3. The molecule has 0 N–H and O–H groups in total. The third kappa shape index (κ3) is 3.62. The molecule has 2 aromatic heterocycles. The molecule has 6 nitrogen and oxygen atoms in total. The zero-order valence-electron chi connectivity index (χ0n) is 17.1. The number of esters is 1. The van der Waals surface area contributed by atoms with Crippen LogP contribution in [0.2, 0.25) is 0 Å². The van der Waals surface area contributed by atoms with Crippen molar-refractivity contribution in [3.8, 4) is 0 Å². The van der Waals surface area contributed by atoms with Gasteiger partial charge in [-0.15, -0.1) is 0 Å². The summed E-state index contributed by atoms with van der Waals surface area (Å²) in [6.07, 6.45) is 0. The van der Waals surface area contributed by atoms with Crippen molar-refractivity contribution >= 4 is 27.9 Å². The minimum atomic E-state index is -0.605. The van der Waals surface area contributed by atoms with Crippen LogP contribution in [0.25, 0.3) is 21.9 Å². The first-order chi connectivity index (χ1) is 14.5. The fraction of sp³-hybridized carbons (Fsp3) is 0.250. The van der Waals surface area contributed by atoms with E-state index in [9.17, 15) is 9.59 Å². The largest absolute Gasteiger partial charge is 0.455 e. The van der Waals surface area contributed by atoms with E-state index in [4.69, 9.17) is 18.3 Å². The number of ether oxygens (including phenoxy) is 2. The summed E-state index contributed by atoms with van der Waals surface area (Å²) in [7, 11) is 0. The highest BCUT2D eigenvalue weighted by Gasteiger charge is 2.22. The lowest BCUT2D eigenvalue weighted by atomic mass is 10.0. The Labute approximate surface area is 173 Å². The van der Waals surface area contributed by atoms with Gasteiger partial charge in [-0.25, -0.2) is 9.59 Å². The second-order valence-electron chi connectivity index (χ2n) is 7.09. The van der Waals surface area contributed by atoms with E-state index in [0.717, 1.165) is 21.9 Å². The molecule has 0 amide bonds. The molecule has 0 atom stereocenters. The van der Waals surface area contributed by atoms with E-state index in [2.05, 4.69) is 0 Å². The van der Waals surface area contributed by atoms with E-state index in [1.54, 1.807) is 6.07 Å². The molecule has 4 aromatic rings. The summed E-state index contributed by atoms with van der Waals surface area (Å²) in [6.45, 7) is 6.41. The highest BCUT2D eigenvalue weighted by Crippen LogP contribution is 2.28. The molecule has 0 aliphatic carbocycles. The van der Waals surface area contributed by atoms with Gasteiger partial charge < -0.3 is 18.3 Å². The minimum absolute atomic E-state index is 0.0748. The number of para-hydroxylation sites is 1. The van der Waals surface area contributed by atoms with Crippen LogP contribution in [0.3, 0.4) is 0 Å². The Morgan fingerprint density at radius 2 is 1.80 bits per heavy atom. The highest BCUT2D eigenvalue weighted by atomic mass is 16.5. The Morgan fingerprint density at radius 3 is 2.60 bits per heavy atom. The average molecular weight is 406 g/mol. The molecule has 0 saturated heterocycles. The number of rotatable bonds is 6. The fourth-order valence-electron chi connectivity index (χ4n) is 3.46. The van der Waals surface area contributed by atoms with Crippen LogP contribution in [0.5, 0.6) is 0 Å². The fourth-order valence-corrected chi connectivity index (χ4v) is 3.46. The van der Waals surface area contributed by atoms with Crippen LogP contribution in [-0.2, 0) is 22.7 Å². The van der Waals surface area contributed by atoms with Gasteiger partial charge in [0.1, 0.15) is 17.8 Å². The first-order valence-corrected chi connectivity index (χ1v) is 9.77. The maximum Gasteiger partial charge on any atom is 0.374 e. The van der Waals surface area contributed by atoms with E-state index >= 15 is 0 Å². The molecular weight excluding hydrogens is 384 g/mol. The number of furan rings is 1. The number of hydrogen-bond donors (Lipinski definition) is 0. The van der Waals surface area contributed by atoms with E-state index in [-0.39, 0.29) is 19.0 Å². The lowest BCUT2D eigenvalue weighted by molar-refractivity contribution is 0.0431. The van der Waals surface area contributed by atoms with E-state index in [0.29, 0.717) is 28.9 Å². The van der Waals surface area contributed by atoms with Gasteiger partial charge in [0, 0.05) is 34.6 Å². The summed E-state index contributed by atoms with van der Waals surface area (Å²) < 4.78 is 22.2. The van der Waals surface area contributed by atoms with E-state index in [1.807, 2.05) is 51.1 Å². The van der Waals surface area contributed by atoms with Crippen molar-refractivity contribution in [2.45, 2.75) is 34.0 Å². The number of benzene rings is 2. The van der Waals surface area contributed by atoms with Crippen molar-refractivity contribution in [2.24, 2.45) is 0 Å². The van der Waals surface area contributed by atoms with Crippen molar-refractivity contribution in [3.05, 3.63) is 80.9 Å². The summed E-state index contributed by atoms with van der Waals surface area (Å²) in [6, 6.07) is 12.6. The third-order valence-electron chi connectivity index (χ3n) is 5.21. The van der Waals surface area contributed by atoms with Gasteiger partial charge in [0.25, 0.3) is 0 Å². The van der Waals surface area contributed by atoms with Crippen LogP contribution in [-0.4, -0.2) is 12.6 Å². The van der Waals surface area contributed by atoms with Crippen molar-refractivity contribution in [2.75, 3.05) is 6.61 Å². The van der Waals surface area contributed by atoms with Gasteiger partial charge in [0.05, 0.1) is 6.61 Å². The molecule has 0 bridgehead atoms. The molecule has 2 heterocycles. The maximum atomic E-state index is 12.8. The predicted molar refractivity (Wildman–Crippen MR) is 113 cm³/mol. The van der Waals surface area contributed by atoms with Crippen LogP contribution in [0, 0.1) is 13.8 Å². The molecule has 0 fully saturated rings. The lowest BCUT2D eigenvalue weighted by Crippen LogP contribution is -2.10. The number of carbonyl (C=O) groups excluding carboxylic acids is 1. The first kappa shape index (κ1) is 19.9. The Bertz CT molecular complexity index is 1290. The molecule has 0 aliphatic rings. The Morgan fingerprint density at radius 1 is 1.00 bits per heavy atom. The smallest absolute Gasteiger partial charge is 0.374 e. The monoisotopic (exact) mass is 406 g/mol. The van der Waals surface area contributed by atoms with Gasteiger partial charge in [0.15, 0.2) is 0 Å². The Balaban J connectivity index is 1.66. The van der Waals surface area contributed by atoms with Crippen molar-refractivity contribution in [1.29, 1.82) is 0 Å². The minimum Gasteiger partial charge on any atom is -0.455 e. The van der Waals surface area contributed by atoms with Gasteiger partial charge >= 0.3 is 11.6 Å². The molecule has 0 radical (unpaired) electrons. The summed E-state index contributed by atoms with van der Waals surface area (Å²) in [4.78, 5) is 24.9. The zero-order chi connectivity index (χ0) is 21.3. The van der Waals surface area contributed by atoms with Crippen molar-refractivity contribution in [1.82, 2.24) is 0 Å². The Hall–Kier alpha value is -3.38. The van der Waals surface area contributed by atoms with Crippen LogP contribution < -0.4 is 5.63 Å². The second-order valence-corrected chi connectivity index (χ2v) is 7.09. The number of carbonyl (C=O) groups is 1. The van der Waals surface area contributed by atoms with Gasteiger partial charge in [-0.3, -0.25) is 0 Å². The predicted octanol–water partition coefficient (Wildman–Crippen LogP) is 5.05. The molecule has 0 spiro atoms. The topological polar surface area (TPSA) is 78.9 Å². The average Bonchev–Trinajstić information content (AvgIpc) is 3.12. The summed E-state index contributed by atoms with van der Waals surface area (Å²) in [5.41, 5.74) is 3.76. The van der Waals surface area contributed by atoms with Crippen LogP contribution in [0.1, 0.15) is 39.7 Å². The van der Waals surface area contributed by atoms with Gasteiger partial charge in [-0.2, -0.15) is 0 Å². The molecule has 0 aliphatic heterocycles. The van der Waals surface area contributed by atoms with Gasteiger partial charge in [0.2, 0.25) is 5.76 Å². The molecule has 0 unspecified atom stereocenters. The number of fused-ring (bicyclic) bond motifs is 2. The third-order valence-corrected chi connectivity index (χ3v) is 5.21. The normalized spacial score (nSPS) is 11.3. The van der Waals surface area contributed by atoms with Gasteiger partial charge in [-0.1, -0.05) is 30.3 Å². The van der Waals surface area contributed by atoms with Crippen LogP contribution >= 0.6 is 0 Å². The summed E-state index contributed by atoms with van der Waals surface area (Å²) in [5.74, 6) is -0.491. The number of hydrogen-bond acceptors (Lipinski definition) is 6. The molecule has 0 saturated carbocycles. The van der Waals surface area contributed by atoms with Crippen LogP contribution in [0.15, 0.2) is 56.1 Å². The van der Waals surface area contributed by atoms with Gasteiger partial charge in [-0.05, 0) is 38.0 Å². The SMILES string of the molecule is CCOCc1c(C(=O)OCc2cc(=O)oc3c(C)c(C)ccc23)oc2ccccc12. The van der Waals surface area contributed by atoms with Crippen LogP contribution in [0.4, 0.5) is 0 Å². The Kier molecular flexibility index (Phi) is 5.42. The lowest BCUT2D eigenvalue weighted by Gasteiger charge is -2.10. The second kappa shape index (κ2) is 8.16. The quantitative estimate of drug-likeness (QED) is 0.329. The van der Waals surface area contributed by atoms with E-state index < -0.39 is 11.6 Å². The van der Waals surface area contributed by atoms with E-state index in [1.165, 1.54) is 6.07 Å². The first-order valence-electron chi connectivity index (χ1n) is 9.77. The molecule has 6 heteroatoms. The molecule has 2 aromatic carbocycles. The highest BCUT2D eigenvalue weighted by molar-refractivity contribution is 5.96. The molecular formula is C24H22O6. The maximum absolute atomic E-state index is 12.8. The summed E-state index contributed by atoms with van der Waals surface area (Å²) >= 11 is 0.